The molecule has 7 heteroatoms. The summed E-state index contributed by atoms with van der Waals surface area (Å²) in [5.41, 5.74) is 4.50. The van der Waals surface area contributed by atoms with Gasteiger partial charge >= 0.3 is 0 Å². The normalized spacial score (nSPS) is 14.5. The molecule has 1 aliphatic heterocycles. The van der Waals surface area contributed by atoms with Gasteiger partial charge in [-0.25, -0.2) is 4.98 Å². The third kappa shape index (κ3) is 4.65. The van der Waals surface area contributed by atoms with Gasteiger partial charge in [0.25, 0.3) is 11.6 Å². The summed E-state index contributed by atoms with van der Waals surface area (Å²) in [6.45, 7) is 8.30. The van der Waals surface area contributed by atoms with Gasteiger partial charge < -0.3 is 14.2 Å². The van der Waals surface area contributed by atoms with Crippen molar-refractivity contribution in [3.8, 4) is 17.0 Å². The number of carbonyl (C=O) groups is 1. The summed E-state index contributed by atoms with van der Waals surface area (Å²) >= 11 is 0. The fraction of sp³-hybridized carbons (Fsp3) is 0.296. The first-order valence-corrected chi connectivity index (χ1v) is 11.6. The van der Waals surface area contributed by atoms with Gasteiger partial charge in [0.05, 0.1) is 22.3 Å². The molecule has 3 heterocycles. The monoisotopic (exact) mass is 456 g/mol. The summed E-state index contributed by atoms with van der Waals surface area (Å²) in [4.78, 5) is 22.5. The third-order valence-electron chi connectivity index (χ3n) is 6.27. The van der Waals surface area contributed by atoms with Crippen LogP contribution in [0.1, 0.15) is 21.6 Å². The summed E-state index contributed by atoms with van der Waals surface area (Å²) in [5, 5.41) is 4.77. The number of ether oxygens (including phenoxy) is 1. The standard InChI is InChI=1S/C27H28N4O3/c1-19-8-10-21(11-9-19)24-18-23(25-20(2)29-34-26(25)28-24)27(32)31-14-12-30(13-15-31)16-17-33-22-6-4-3-5-7-22/h3-11,18H,12-17H2,1-2H3. The SMILES string of the molecule is Cc1ccc(-c2cc(C(=O)N3CCN(CCOc4ccccc4)CC3)c3c(C)noc3n2)cc1. The first-order chi connectivity index (χ1) is 16.6. The van der Waals surface area contributed by atoms with Gasteiger partial charge in [0, 0.05) is 38.3 Å². The maximum atomic E-state index is 13.6. The van der Waals surface area contributed by atoms with Crippen molar-refractivity contribution in [1.29, 1.82) is 0 Å². The van der Waals surface area contributed by atoms with E-state index in [0.717, 1.165) is 30.9 Å². The molecule has 1 fully saturated rings. The molecule has 0 unspecified atom stereocenters. The van der Waals surface area contributed by atoms with Gasteiger partial charge in [-0.2, -0.15) is 0 Å². The number of hydrogen-bond donors (Lipinski definition) is 0. The summed E-state index contributed by atoms with van der Waals surface area (Å²) in [7, 11) is 0. The summed E-state index contributed by atoms with van der Waals surface area (Å²) in [6.07, 6.45) is 0. The number of para-hydroxylation sites is 1. The predicted octanol–water partition coefficient (Wildman–Crippen LogP) is 4.34. The van der Waals surface area contributed by atoms with E-state index in [9.17, 15) is 4.79 Å². The van der Waals surface area contributed by atoms with E-state index in [4.69, 9.17) is 9.26 Å². The van der Waals surface area contributed by atoms with E-state index in [2.05, 4.69) is 15.0 Å². The maximum Gasteiger partial charge on any atom is 0.259 e. The Hall–Kier alpha value is -3.71. The highest BCUT2D eigenvalue weighted by Crippen LogP contribution is 2.28. The molecule has 174 valence electrons. The maximum absolute atomic E-state index is 13.6. The quantitative estimate of drug-likeness (QED) is 0.430. The number of benzene rings is 2. The van der Waals surface area contributed by atoms with Crippen LogP contribution in [0.5, 0.6) is 5.75 Å². The van der Waals surface area contributed by atoms with Crippen LogP contribution >= 0.6 is 0 Å². The number of aromatic nitrogens is 2. The van der Waals surface area contributed by atoms with E-state index in [-0.39, 0.29) is 5.91 Å². The molecule has 34 heavy (non-hydrogen) atoms. The molecule has 4 aromatic rings. The van der Waals surface area contributed by atoms with Gasteiger partial charge in [0.15, 0.2) is 0 Å². The van der Waals surface area contributed by atoms with Gasteiger partial charge in [0.2, 0.25) is 0 Å². The van der Waals surface area contributed by atoms with Crippen molar-refractivity contribution in [1.82, 2.24) is 19.9 Å². The van der Waals surface area contributed by atoms with Crippen LogP contribution in [0.25, 0.3) is 22.4 Å². The number of fused-ring (bicyclic) bond motifs is 1. The fourth-order valence-corrected chi connectivity index (χ4v) is 4.29. The Balaban J connectivity index is 1.29. The molecule has 0 saturated carbocycles. The number of nitrogens with zero attached hydrogens (tertiary/aromatic N) is 4. The van der Waals surface area contributed by atoms with Crippen molar-refractivity contribution >= 4 is 17.0 Å². The number of pyridine rings is 1. The van der Waals surface area contributed by atoms with Crippen molar-refractivity contribution in [2.75, 3.05) is 39.3 Å². The molecule has 0 bridgehead atoms. The third-order valence-corrected chi connectivity index (χ3v) is 6.27. The van der Waals surface area contributed by atoms with Crippen molar-refractivity contribution in [3.05, 3.63) is 77.5 Å². The Kier molecular flexibility index (Phi) is 6.27. The van der Waals surface area contributed by atoms with Crippen LogP contribution in [-0.4, -0.2) is 65.2 Å². The van der Waals surface area contributed by atoms with Crippen LogP contribution in [0.2, 0.25) is 0 Å². The molecule has 1 amide bonds. The minimum absolute atomic E-state index is 0.00718. The Morgan fingerprint density at radius 2 is 1.74 bits per heavy atom. The van der Waals surface area contributed by atoms with Crippen molar-refractivity contribution in [2.45, 2.75) is 13.8 Å². The fourth-order valence-electron chi connectivity index (χ4n) is 4.29. The first kappa shape index (κ1) is 22.1. The Labute approximate surface area is 198 Å². The van der Waals surface area contributed by atoms with Crippen LogP contribution in [-0.2, 0) is 0 Å². The Bertz CT molecular complexity index is 1280. The average Bonchev–Trinajstić information content (AvgIpc) is 3.25. The van der Waals surface area contributed by atoms with Crippen molar-refractivity contribution < 1.29 is 14.1 Å². The van der Waals surface area contributed by atoms with Gasteiger partial charge in [-0.05, 0) is 32.0 Å². The molecule has 1 saturated heterocycles. The van der Waals surface area contributed by atoms with E-state index < -0.39 is 0 Å². The molecule has 0 spiro atoms. The second-order valence-corrected chi connectivity index (χ2v) is 8.66. The van der Waals surface area contributed by atoms with E-state index in [1.165, 1.54) is 5.56 Å². The number of hydrogen-bond acceptors (Lipinski definition) is 6. The minimum Gasteiger partial charge on any atom is -0.492 e. The minimum atomic E-state index is -0.00718. The molecule has 1 aliphatic rings. The topological polar surface area (TPSA) is 71.7 Å². The summed E-state index contributed by atoms with van der Waals surface area (Å²) in [6, 6.07) is 19.8. The Morgan fingerprint density at radius 1 is 1.00 bits per heavy atom. The smallest absolute Gasteiger partial charge is 0.259 e. The lowest BCUT2D eigenvalue weighted by Crippen LogP contribution is -2.49. The van der Waals surface area contributed by atoms with Crippen molar-refractivity contribution in [2.24, 2.45) is 0 Å². The largest absolute Gasteiger partial charge is 0.492 e. The number of carbonyl (C=O) groups excluding carboxylic acids is 1. The zero-order valence-electron chi connectivity index (χ0n) is 19.5. The highest BCUT2D eigenvalue weighted by Gasteiger charge is 2.26. The number of amides is 1. The average molecular weight is 457 g/mol. The molecular formula is C27H28N4O3. The molecule has 7 nitrogen and oxygen atoms in total. The molecule has 2 aromatic carbocycles. The van der Waals surface area contributed by atoms with Gasteiger partial charge in [-0.1, -0.05) is 53.2 Å². The molecule has 2 aromatic heterocycles. The predicted molar refractivity (Wildman–Crippen MR) is 131 cm³/mol. The number of aryl methyl sites for hydroxylation is 2. The molecule has 0 aliphatic carbocycles. The van der Waals surface area contributed by atoms with Crippen LogP contribution in [0.4, 0.5) is 0 Å². The molecule has 0 radical (unpaired) electrons. The van der Waals surface area contributed by atoms with E-state index in [0.29, 0.717) is 47.7 Å². The number of piperazine rings is 1. The van der Waals surface area contributed by atoms with Crippen molar-refractivity contribution in [3.63, 3.8) is 0 Å². The lowest BCUT2D eigenvalue weighted by Gasteiger charge is -2.34. The van der Waals surface area contributed by atoms with Crippen LogP contribution in [0.15, 0.2) is 65.2 Å². The number of rotatable bonds is 6. The molecule has 5 rings (SSSR count). The highest BCUT2D eigenvalue weighted by atomic mass is 16.5. The molecular weight excluding hydrogens is 428 g/mol. The second kappa shape index (κ2) is 9.65. The lowest BCUT2D eigenvalue weighted by atomic mass is 10.0. The summed E-state index contributed by atoms with van der Waals surface area (Å²) < 4.78 is 11.3. The Morgan fingerprint density at radius 3 is 2.47 bits per heavy atom. The van der Waals surface area contributed by atoms with E-state index in [1.807, 2.05) is 79.4 Å². The van der Waals surface area contributed by atoms with E-state index >= 15 is 0 Å². The lowest BCUT2D eigenvalue weighted by molar-refractivity contribution is 0.0622. The van der Waals surface area contributed by atoms with Gasteiger partial charge in [0.1, 0.15) is 12.4 Å². The molecule has 0 atom stereocenters. The second-order valence-electron chi connectivity index (χ2n) is 8.66. The summed E-state index contributed by atoms with van der Waals surface area (Å²) in [5.74, 6) is 0.874. The zero-order chi connectivity index (χ0) is 23.5. The molecule has 0 N–H and O–H groups in total. The van der Waals surface area contributed by atoms with Crippen LogP contribution < -0.4 is 4.74 Å². The van der Waals surface area contributed by atoms with E-state index in [1.54, 1.807) is 0 Å². The first-order valence-electron chi connectivity index (χ1n) is 11.6. The van der Waals surface area contributed by atoms with Gasteiger partial charge in [-0.3, -0.25) is 9.69 Å². The van der Waals surface area contributed by atoms with Gasteiger partial charge in [-0.15, -0.1) is 0 Å². The van der Waals surface area contributed by atoms with Crippen LogP contribution in [0.3, 0.4) is 0 Å². The highest BCUT2D eigenvalue weighted by molar-refractivity contribution is 6.07. The van der Waals surface area contributed by atoms with Crippen LogP contribution in [0, 0.1) is 13.8 Å². The zero-order valence-corrected chi connectivity index (χ0v) is 19.5.